The average Bonchev–Trinajstić information content (AvgIpc) is 3.08. The Balaban J connectivity index is 1.64. The van der Waals surface area contributed by atoms with Crippen LogP contribution in [0.15, 0.2) is 36.5 Å². The molecule has 1 fully saturated rings. The number of imidazole rings is 1. The molecule has 0 saturated carbocycles. The smallest absolute Gasteiger partial charge is 0.408 e. The number of primary amides is 1. The fourth-order valence-corrected chi connectivity index (χ4v) is 2.84. The number of benzene rings is 1. The number of hydrogen-bond donors (Lipinski definition) is 2. The lowest BCUT2D eigenvalue weighted by Crippen LogP contribution is -2.36. The second-order valence-corrected chi connectivity index (χ2v) is 5.66. The summed E-state index contributed by atoms with van der Waals surface area (Å²) in [6, 6.07) is 9.20. The number of ether oxygens (including phenoxy) is 2. The number of fused-ring (bicyclic) bond motifs is 1. The SMILES string of the molecule is NC(=O)Oc1cccc2[nH]c(-c3ccc(N4CCOCC4)nc3)nc12. The first-order chi connectivity index (χ1) is 12.2. The number of H-pyrrole nitrogens is 1. The van der Waals surface area contributed by atoms with E-state index in [9.17, 15) is 4.79 Å². The van der Waals surface area contributed by atoms with Gasteiger partial charge in [-0.1, -0.05) is 6.07 Å². The van der Waals surface area contributed by atoms with Crippen LogP contribution < -0.4 is 15.4 Å². The Kier molecular flexibility index (Phi) is 3.95. The summed E-state index contributed by atoms with van der Waals surface area (Å²) in [6.07, 6.45) is 0.908. The zero-order chi connectivity index (χ0) is 17.2. The van der Waals surface area contributed by atoms with E-state index in [2.05, 4.69) is 19.9 Å². The van der Waals surface area contributed by atoms with E-state index in [1.54, 1.807) is 18.3 Å². The van der Waals surface area contributed by atoms with Gasteiger partial charge in [-0.2, -0.15) is 0 Å². The zero-order valence-electron chi connectivity index (χ0n) is 13.4. The Morgan fingerprint density at radius 3 is 2.80 bits per heavy atom. The van der Waals surface area contributed by atoms with E-state index in [0.29, 0.717) is 17.1 Å². The number of para-hydroxylation sites is 1. The second-order valence-electron chi connectivity index (χ2n) is 5.66. The summed E-state index contributed by atoms with van der Waals surface area (Å²) >= 11 is 0. The van der Waals surface area contributed by atoms with Gasteiger partial charge in [0, 0.05) is 24.8 Å². The van der Waals surface area contributed by atoms with Gasteiger partial charge in [0.1, 0.15) is 17.2 Å². The quantitative estimate of drug-likeness (QED) is 0.755. The highest BCUT2D eigenvalue weighted by molar-refractivity contribution is 5.87. The lowest BCUT2D eigenvalue weighted by molar-refractivity contribution is 0.122. The van der Waals surface area contributed by atoms with Gasteiger partial charge in [0.15, 0.2) is 5.75 Å². The van der Waals surface area contributed by atoms with Gasteiger partial charge in [0.2, 0.25) is 0 Å². The van der Waals surface area contributed by atoms with Gasteiger partial charge in [0.05, 0.1) is 18.7 Å². The van der Waals surface area contributed by atoms with Crippen molar-refractivity contribution in [2.45, 2.75) is 0 Å². The lowest BCUT2D eigenvalue weighted by Gasteiger charge is -2.27. The molecule has 0 radical (unpaired) electrons. The number of carbonyl (C=O) groups is 1. The van der Waals surface area contributed by atoms with Crippen LogP contribution in [0.3, 0.4) is 0 Å². The van der Waals surface area contributed by atoms with Crippen molar-refractivity contribution in [1.29, 1.82) is 0 Å². The molecule has 25 heavy (non-hydrogen) atoms. The lowest BCUT2D eigenvalue weighted by atomic mass is 10.2. The molecule has 8 heteroatoms. The van der Waals surface area contributed by atoms with Gasteiger partial charge in [-0.3, -0.25) is 0 Å². The Morgan fingerprint density at radius 2 is 2.08 bits per heavy atom. The number of amides is 1. The van der Waals surface area contributed by atoms with Crippen molar-refractivity contribution in [3.05, 3.63) is 36.5 Å². The third-order valence-corrected chi connectivity index (χ3v) is 4.04. The van der Waals surface area contributed by atoms with Crippen molar-refractivity contribution in [2.75, 3.05) is 31.2 Å². The van der Waals surface area contributed by atoms with Gasteiger partial charge in [-0.25, -0.2) is 14.8 Å². The molecule has 8 nitrogen and oxygen atoms in total. The summed E-state index contributed by atoms with van der Waals surface area (Å²) < 4.78 is 10.4. The number of hydrogen-bond acceptors (Lipinski definition) is 6. The van der Waals surface area contributed by atoms with Crippen molar-refractivity contribution in [3.8, 4) is 17.1 Å². The van der Waals surface area contributed by atoms with Crippen LogP contribution in [0.2, 0.25) is 0 Å². The number of rotatable bonds is 3. The number of aromatic amines is 1. The molecule has 1 aromatic carbocycles. The molecule has 1 aliphatic rings. The molecule has 3 heterocycles. The van der Waals surface area contributed by atoms with Crippen LogP contribution in [-0.4, -0.2) is 47.3 Å². The summed E-state index contributed by atoms with van der Waals surface area (Å²) in [5, 5.41) is 0. The van der Waals surface area contributed by atoms with Gasteiger partial charge in [0.25, 0.3) is 0 Å². The first-order valence-corrected chi connectivity index (χ1v) is 7.96. The molecule has 3 aromatic rings. The first-order valence-electron chi connectivity index (χ1n) is 7.96. The highest BCUT2D eigenvalue weighted by Crippen LogP contribution is 2.27. The number of anilines is 1. The zero-order valence-corrected chi connectivity index (χ0v) is 13.4. The van der Waals surface area contributed by atoms with Crippen molar-refractivity contribution in [1.82, 2.24) is 15.0 Å². The van der Waals surface area contributed by atoms with E-state index in [4.69, 9.17) is 15.2 Å². The molecule has 3 N–H and O–H groups in total. The Morgan fingerprint density at radius 1 is 1.24 bits per heavy atom. The minimum Gasteiger partial charge on any atom is -0.408 e. The normalized spacial score (nSPS) is 14.6. The first kappa shape index (κ1) is 15.4. The number of nitrogens with two attached hydrogens (primary N) is 1. The summed E-state index contributed by atoms with van der Waals surface area (Å²) in [5.74, 6) is 1.89. The molecule has 0 atom stereocenters. The molecule has 0 spiro atoms. The predicted molar refractivity (Wildman–Crippen MR) is 92.6 cm³/mol. The number of aromatic nitrogens is 3. The third kappa shape index (κ3) is 3.11. The minimum atomic E-state index is -0.867. The van der Waals surface area contributed by atoms with Crippen LogP contribution in [0, 0.1) is 0 Å². The second kappa shape index (κ2) is 6.40. The van der Waals surface area contributed by atoms with Crippen LogP contribution >= 0.6 is 0 Å². The summed E-state index contributed by atoms with van der Waals surface area (Å²) in [4.78, 5) is 25.4. The van der Waals surface area contributed by atoms with Crippen molar-refractivity contribution >= 4 is 22.9 Å². The molecule has 0 aliphatic carbocycles. The highest BCUT2D eigenvalue weighted by Gasteiger charge is 2.14. The molecule has 0 unspecified atom stereocenters. The van der Waals surface area contributed by atoms with Crippen molar-refractivity contribution in [3.63, 3.8) is 0 Å². The highest BCUT2D eigenvalue weighted by atomic mass is 16.5. The maximum atomic E-state index is 11.0. The van der Waals surface area contributed by atoms with E-state index in [1.165, 1.54) is 0 Å². The van der Waals surface area contributed by atoms with E-state index in [0.717, 1.165) is 43.2 Å². The average molecular weight is 339 g/mol. The van der Waals surface area contributed by atoms with Gasteiger partial charge < -0.3 is 25.1 Å². The van der Waals surface area contributed by atoms with Crippen LogP contribution in [0.5, 0.6) is 5.75 Å². The van der Waals surface area contributed by atoms with Crippen LogP contribution in [0.1, 0.15) is 0 Å². The summed E-state index contributed by atoms with van der Waals surface area (Å²) in [6.45, 7) is 3.11. The standard InChI is InChI=1S/C17H17N5O3/c18-17(23)25-13-3-1-2-12-15(13)21-16(20-12)11-4-5-14(19-10-11)22-6-8-24-9-7-22/h1-5,10H,6-9H2,(H2,18,23)(H,20,21). The molecular formula is C17H17N5O3. The van der Waals surface area contributed by atoms with Crippen molar-refractivity contribution in [2.24, 2.45) is 5.73 Å². The largest absolute Gasteiger partial charge is 0.410 e. The van der Waals surface area contributed by atoms with Gasteiger partial charge >= 0.3 is 6.09 Å². The number of morpholine rings is 1. The molecule has 1 amide bonds. The molecule has 0 bridgehead atoms. The predicted octanol–water partition coefficient (Wildman–Crippen LogP) is 1.92. The Labute approximate surface area is 143 Å². The molecule has 1 saturated heterocycles. The Bertz CT molecular complexity index is 900. The van der Waals surface area contributed by atoms with Crippen LogP contribution in [0.25, 0.3) is 22.4 Å². The van der Waals surface area contributed by atoms with Crippen LogP contribution in [-0.2, 0) is 4.74 Å². The summed E-state index contributed by atoms with van der Waals surface area (Å²) in [7, 11) is 0. The van der Waals surface area contributed by atoms with E-state index in [-0.39, 0.29) is 0 Å². The maximum Gasteiger partial charge on any atom is 0.410 e. The van der Waals surface area contributed by atoms with E-state index in [1.807, 2.05) is 18.2 Å². The van der Waals surface area contributed by atoms with Crippen molar-refractivity contribution < 1.29 is 14.3 Å². The number of carbonyl (C=O) groups excluding carboxylic acids is 1. The third-order valence-electron chi connectivity index (χ3n) is 4.04. The van der Waals surface area contributed by atoms with E-state index < -0.39 is 6.09 Å². The van der Waals surface area contributed by atoms with Gasteiger partial charge in [-0.05, 0) is 24.3 Å². The fraction of sp³-hybridized carbons (Fsp3) is 0.235. The maximum absolute atomic E-state index is 11.0. The number of nitrogens with zero attached hydrogens (tertiary/aromatic N) is 3. The topological polar surface area (TPSA) is 106 Å². The monoisotopic (exact) mass is 339 g/mol. The molecule has 2 aromatic heterocycles. The number of nitrogens with one attached hydrogen (secondary N) is 1. The van der Waals surface area contributed by atoms with E-state index >= 15 is 0 Å². The molecular weight excluding hydrogens is 322 g/mol. The van der Waals surface area contributed by atoms with Crippen LogP contribution in [0.4, 0.5) is 10.6 Å². The van der Waals surface area contributed by atoms with Gasteiger partial charge in [-0.15, -0.1) is 0 Å². The minimum absolute atomic E-state index is 0.324. The molecule has 128 valence electrons. The summed E-state index contributed by atoms with van der Waals surface area (Å²) in [5.41, 5.74) is 7.25. The Hall–Kier alpha value is -3.13. The number of pyridine rings is 1. The molecule has 1 aliphatic heterocycles. The fourth-order valence-electron chi connectivity index (χ4n) is 2.84. The molecule has 4 rings (SSSR count).